The van der Waals surface area contributed by atoms with Gasteiger partial charge in [0.2, 0.25) is 17.6 Å². The van der Waals surface area contributed by atoms with Crippen LogP contribution in [0.1, 0.15) is 46.4 Å². The quantitative estimate of drug-likeness (QED) is 0.359. The van der Waals surface area contributed by atoms with Crippen LogP contribution in [0.15, 0.2) is 77.3 Å². The number of rotatable bonds is 6. The minimum Gasteiger partial charge on any atom is -0.369 e. The summed E-state index contributed by atoms with van der Waals surface area (Å²) in [5.74, 6) is -0.797. The molecule has 3 aromatic carbocycles. The maximum Gasteiger partial charge on any atom is 0.253 e. The van der Waals surface area contributed by atoms with Crippen LogP contribution in [0.3, 0.4) is 0 Å². The van der Waals surface area contributed by atoms with Crippen molar-refractivity contribution in [1.29, 1.82) is 0 Å². The molecule has 5 rings (SSSR count). The Morgan fingerprint density at radius 1 is 1.00 bits per heavy atom. The lowest BCUT2D eigenvalue weighted by molar-refractivity contribution is -0.131. The SMILES string of the molecule is Cc1nc(-c2ccc(C(=O)N3CCC(C(=O)N[C@@H](O)c4cccc(F)c4)(c4ccc(F)cc4)CC3)cc2)no1. The Balaban J connectivity index is 1.33. The van der Waals surface area contributed by atoms with Gasteiger partial charge in [0.1, 0.15) is 11.6 Å². The van der Waals surface area contributed by atoms with E-state index in [0.717, 1.165) is 6.07 Å². The lowest BCUT2D eigenvalue weighted by Gasteiger charge is -2.41. The van der Waals surface area contributed by atoms with Gasteiger partial charge in [0.15, 0.2) is 6.23 Å². The molecule has 2 amide bonds. The van der Waals surface area contributed by atoms with Crippen molar-refractivity contribution in [3.05, 3.63) is 107 Å². The molecule has 1 saturated heterocycles. The molecule has 1 aliphatic rings. The average molecular weight is 533 g/mol. The van der Waals surface area contributed by atoms with Crippen LogP contribution >= 0.6 is 0 Å². The molecule has 2 heterocycles. The van der Waals surface area contributed by atoms with Crippen molar-refractivity contribution in [1.82, 2.24) is 20.4 Å². The topological polar surface area (TPSA) is 109 Å². The number of likely N-dealkylation sites (tertiary alicyclic amines) is 1. The monoisotopic (exact) mass is 532 g/mol. The number of aryl methyl sites for hydroxylation is 1. The van der Waals surface area contributed by atoms with Gasteiger partial charge < -0.3 is 19.8 Å². The van der Waals surface area contributed by atoms with Gasteiger partial charge in [0.25, 0.3) is 5.91 Å². The van der Waals surface area contributed by atoms with Crippen LogP contribution in [0.5, 0.6) is 0 Å². The number of halogens is 2. The van der Waals surface area contributed by atoms with E-state index in [4.69, 9.17) is 4.52 Å². The summed E-state index contributed by atoms with van der Waals surface area (Å²) in [5.41, 5.74) is 0.827. The predicted octanol–water partition coefficient (Wildman–Crippen LogP) is 4.30. The number of hydrogen-bond donors (Lipinski definition) is 2. The van der Waals surface area contributed by atoms with Gasteiger partial charge in [-0.25, -0.2) is 8.78 Å². The van der Waals surface area contributed by atoms with Crippen molar-refractivity contribution in [3.8, 4) is 11.4 Å². The molecule has 200 valence electrons. The Kier molecular flexibility index (Phi) is 7.21. The summed E-state index contributed by atoms with van der Waals surface area (Å²) in [6.45, 7) is 2.20. The van der Waals surface area contributed by atoms with Crippen LogP contribution in [0.2, 0.25) is 0 Å². The second-order valence-corrected chi connectivity index (χ2v) is 9.53. The minimum atomic E-state index is -1.44. The fourth-order valence-corrected chi connectivity index (χ4v) is 4.89. The molecule has 1 aliphatic heterocycles. The summed E-state index contributed by atoms with van der Waals surface area (Å²) in [7, 11) is 0. The Bertz CT molecular complexity index is 1480. The van der Waals surface area contributed by atoms with Crippen molar-refractivity contribution in [2.45, 2.75) is 31.4 Å². The Labute approximate surface area is 223 Å². The molecule has 1 fully saturated rings. The number of aliphatic hydroxyl groups excluding tert-OH is 1. The highest BCUT2D eigenvalue weighted by Gasteiger charge is 2.44. The van der Waals surface area contributed by atoms with Gasteiger partial charge >= 0.3 is 0 Å². The first kappa shape index (κ1) is 26.2. The van der Waals surface area contributed by atoms with Crippen LogP contribution in [0.25, 0.3) is 11.4 Å². The third-order valence-electron chi connectivity index (χ3n) is 7.09. The number of amides is 2. The molecule has 0 radical (unpaired) electrons. The minimum absolute atomic E-state index is 0.196. The van der Waals surface area contributed by atoms with Crippen molar-refractivity contribution in [2.24, 2.45) is 0 Å². The van der Waals surface area contributed by atoms with Crippen LogP contribution < -0.4 is 5.32 Å². The normalized spacial score (nSPS) is 15.5. The molecule has 8 nitrogen and oxygen atoms in total. The van der Waals surface area contributed by atoms with E-state index in [2.05, 4.69) is 15.5 Å². The molecule has 2 N–H and O–H groups in total. The molecule has 0 bridgehead atoms. The second-order valence-electron chi connectivity index (χ2n) is 9.53. The number of benzene rings is 3. The van der Waals surface area contributed by atoms with E-state index in [1.165, 1.54) is 30.3 Å². The van der Waals surface area contributed by atoms with E-state index in [1.807, 2.05) is 0 Å². The molecule has 0 saturated carbocycles. The van der Waals surface area contributed by atoms with Gasteiger partial charge in [0.05, 0.1) is 5.41 Å². The fraction of sp³-hybridized carbons (Fsp3) is 0.241. The van der Waals surface area contributed by atoms with E-state index in [1.54, 1.807) is 48.2 Å². The summed E-state index contributed by atoms with van der Waals surface area (Å²) >= 11 is 0. The Hall–Kier alpha value is -4.44. The molecule has 1 atom stereocenters. The second kappa shape index (κ2) is 10.7. The number of aromatic nitrogens is 2. The van der Waals surface area contributed by atoms with Gasteiger partial charge in [-0.05, 0) is 54.8 Å². The molecule has 0 unspecified atom stereocenters. The average Bonchev–Trinajstić information content (AvgIpc) is 3.39. The summed E-state index contributed by atoms with van der Waals surface area (Å²) in [4.78, 5) is 32.7. The largest absolute Gasteiger partial charge is 0.369 e. The Morgan fingerprint density at radius 2 is 1.69 bits per heavy atom. The number of hydrogen-bond acceptors (Lipinski definition) is 6. The number of piperidine rings is 1. The van der Waals surface area contributed by atoms with E-state index in [-0.39, 0.29) is 37.4 Å². The lowest BCUT2D eigenvalue weighted by Crippen LogP contribution is -2.53. The van der Waals surface area contributed by atoms with Crippen molar-refractivity contribution >= 4 is 11.8 Å². The van der Waals surface area contributed by atoms with Gasteiger partial charge in [-0.2, -0.15) is 4.98 Å². The maximum absolute atomic E-state index is 13.7. The number of nitrogens with zero attached hydrogens (tertiary/aromatic N) is 3. The maximum atomic E-state index is 13.7. The predicted molar refractivity (Wildman–Crippen MR) is 137 cm³/mol. The third-order valence-corrected chi connectivity index (χ3v) is 7.09. The van der Waals surface area contributed by atoms with Crippen LogP contribution in [-0.4, -0.2) is 45.1 Å². The van der Waals surface area contributed by atoms with Crippen LogP contribution in [-0.2, 0) is 10.2 Å². The molecule has 39 heavy (non-hydrogen) atoms. The number of nitrogens with one attached hydrogen (secondary N) is 1. The zero-order valence-electron chi connectivity index (χ0n) is 21.1. The third kappa shape index (κ3) is 5.42. The van der Waals surface area contributed by atoms with Gasteiger partial charge in [-0.3, -0.25) is 9.59 Å². The molecule has 4 aromatic rings. The highest BCUT2D eigenvalue weighted by molar-refractivity contribution is 5.95. The van der Waals surface area contributed by atoms with Gasteiger partial charge in [0, 0.05) is 36.7 Å². The lowest BCUT2D eigenvalue weighted by atomic mass is 9.71. The van der Waals surface area contributed by atoms with E-state index >= 15 is 0 Å². The van der Waals surface area contributed by atoms with Gasteiger partial charge in [-0.1, -0.05) is 41.6 Å². The molecule has 0 aliphatic carbocycles. The number of carbonyl (C=O) groups is 2. The summed E-state index contributed by atoms with van der Waals surface area (Å²) < 4.78 is 32.4. The van der Waals surface area contributed by atoms with Crippen molar-refractivity contribution in [2.75, 3.05) is 13.1 Å². The first-order valence-corrected chi connectivity index (χ1v) is 12.5. The standard InChI is InChI=1S/C29H26F2N4O4/c1-18-32-25(34-39-18)19-5-7-20(8-6-19)27(37)35-15-13-29(14-16-35,22-9-11-23(30)12-10-22)28(38)33-26(36)21-3-2-4-24(31)17-21/h2-12,17,26,36H,13-16H2,1H3,(H,33,38)/t26-/m0/s1. The number of aliphatic hydroxyl groups is 1. The zero-order chi connectivity index (χ0) is 27.6. The molecule has 1 aromatic heterocycles. The number of carbonyl (C=O) groups excluding carboxylic acids is 2. The van der Waals surface area contributed by atoms with Crippen molar-refractivity contribution < 1.29 is 28.0 Å². The first-order valence-electron chi connectivity index (χ1n) is 12.5. The summed E-state index contributed by atoms with van der Waals surface area (Å²) in [6.07, 6.45) is -0.954. The molecule has 10 heteroatoms. The summed E-state index contributed by atoms with van der Waals surface area (Å²) in [5, 5.41) is 17.1. The van der Waals surface area contributed by atoms with E-state index in [9.17, 15) is 23.5 Å². The van der Waals surface area contributed by atoms with E-state index in [0.29, 0.717) is 28.4 Å². The zero-order valence-corrected chi connectivity index (χ0v) is 21.1. The molecular formula is C29H26F2N4O4. The van der Waals surface area contributed by atoms with Crippen LogP contribution in [0.4, 0.5) is 8.78 Å². The molecule has 0 spiro atoms. The fourth-order valence-electron chi connectivity index (χ4n) is 4.89. The first-order chi connectivity index (χ1) is 18.7. The van der Waals surface area contributed by atoms with Crippen LogP contribution in [0, 0.1) is 18.6 Å². The summed E-state index contributed by atoms with van der Waals surface area (Å²) in [6, 6.07) is 17.8. The Morgan fingerprint density at radius 3 is 2.31 bits per heavy atom. The highest BCUT2D eigenvalue weighted by atomic mass is 19.1. The molecular weight excluding hydrogens is 506 g/mol. The highest BCUT2D eigenvalue weighted by Crippen LogP contribution is 2.37. The smallest absolute Gasteiger partial charge is 0.253 e. The van der Waals surface area contributed by atoms with Crippen molar-refractivity contribution in [3.63, 3.8) is 0 Å². The van der Waals surface area contributed by atoms with E-state index < -0.39 is 29.2 Å². The van der Waals surface area contributed by atoms with Gasteiger partial charge in [-0.15, -0.1) is 0 Å².